The van der Waals surface area contributed by atoms with Gasteiger partial charge in [0.25, 0.3) is 0 Å². The molecule has 0 aromatic heterocycles. The molecule has 0 fully saturated rings. The summed E-state index contributed by atoms with van der Waals surface area (Å²) in [5, 5.41) is 1.34. The molecule has 0 unspecified atom stereocenters. The van der Waals surface area contributed by atoms with Crippen molar-refractivity contribution in [2.24, 2.45) is 5.92 Å². The Hall–Kier alpha value is -0.171. The molecule has 15 heavy (non-hydrogen) atoms. The molecule has 0 nitrogen and oxygen atoms in total. The van der Waals surface area contributed by atoms with Crippen molar-refractivity contribution >= 4 is 32.8 Å². The van der Waals surface area contributed by atoms with E-state index in [9.17, 15) is 0 Å². The summed E-state index contributed by atoms with van der Waals surface area (Å²) in [6.07, 6.45) is 4.50. The Morgan fingerprint density at radius 3 is 2.53 bits per heavy atom. The van der Waals surface area contributed by atoms with Gasteiger partial charge in [0.05, 0.1) is 0 Å². The van der Waals surface area contributed by atoms with Gasteiger partial charge in [-0.3, -0.25) is 0 Å². The minimum absolute atomic E-state index is 0.642. The van der Waals surface area contributed by atoms with Crippen LogP contribution < -0.4 is 0 Å². The van der Waals surface area contributed by atoms with Gasteiger partial charge in [-0.05, 0) is 0 Å². The summed E-state index contributed by atoms with van der Waals surface area (Å²) < 4.78 is 1.54. The average Bonchev–Trinajstić information content (AvgIpc) is 2.25. The second-order valence-corrected chi connectivity index (χ2v) is 7.44. The SMILES string of the molecule is CSC(=Cc1ccccc1)[Se]CC(C)C. The van der Waals surface area contributed by atoms with Gasteiger partial charge in [0.2, 0.25) is 0 Å². The van der Waals surface area contributed by atoms with Crippen molar-refractivity contribution in [2.75, 3.05) is 6.26 Å². The van der Waals surface area contributed by atoms with Gasteiger partial charge >= 0.3 is 104 Å². The predicted octanol–water partition coefficient (Wildman–Crippen LogP) is 4.13. The molecule has 0 saturated carbocycles. The van der Waals surface area contributed by atoms with Gasteiger partial charge in [0, 0.05) is 0 Å². The number of benzene rings is 1. The standard InChI is InChI=1S/C13H18SSe/c1-11(2)10-15-13(14-3)9-12-7-5-4-6-8-12/h4-9,11H,10H2,1-3H3. The van der Waals surface area contributed by atoms with Crippen molar-refractivity contribution in [3.05, 3.63) is 39.7 Å². The molecule has 0 bridgehead atoms. The molecule has 0 heterocycles. The fourth-order valence-corrected chi connectivity index (χ4v) is 4.07. The van der Waals surface area contributed by atoms with E-state index in [4.69, 9.17) is 0 Å². The van der Waals surface area contributed by atoms with E-state index >= 15 is 0 Å². The molecule has 0 aliphatic carbocycles. The third-order valence-corrected chi connectivity index (χ3v) is 6.62. The molecule has 0 aliphatic rings. The monoisotopic (exact) mass is 286 g/mol. The zero-order valence-electron chi connectivity index (χ0n) is 9.57. The molecule has 1 rings (SSSR count). The van der Waals surface area contributed by atoms with Crippen molar-refractivity contribution < 1.29 is 0 Å². The van der Waals surface area contributed by atoms with Crippen LogP contribution in [0, 0.1) is 5.92 Å². The van der Waals surface area contributed by atoms with Crippen LogP contribution in [0.4, 0.5) is 0 Å². The van der Waals surface area contributed by atoms with Crippen LogP contribution in [0.25, 0.3) is 6.08 Å². The topological polar surface area (TPSA) is 0 Å². The molecule has 0 radical (unpaired) electrons. The van der Waals surface area contributed by atoms with Gasteiger partial charge in [-0.2, -0.15) is 0 Å². The zero-order chi connectivity index (χ0) is 11.1. The molecular weight excluding hydrogens is 267 g/mol. The third kappa shape index (κ3) is 5.46. The van der Waals surface area contributed by atoms with Crippen molar-refractivity contribution in [2.45, 2.75) is 19.2 Å². The third-order valence-electron chi connectivity index (χ3n) is 1.84. The van der Waals surface area contributed by atoms with Gasteiger partial charge in [-0.25, -0.2) is 0 Å². The molecule has 0 aliphatic heterocycles. The first kappa shape index (κ1) is 12.9. The van der Waals surface area contributed by atoms with Crippen molar-refractivity contribution in [1.29, 1.82) is 0 Å². The second-order valence-electron chi connectivity index (χ2n) is 3.78. The molecule has 2 heteroatoms. The van der Waals surface area contributed by atoms with Gasteiger partial charge < -0.3 is 0 Å². The summed E-state index contributed by atoms with van der Waals surface area (Å²) in [5.74, 6) is 0.816. The summed E-state index contributed by atoms with van der Waals surface area (Å²) in [6.45, 7) is 4.59. The quantitative estimate of drug-likeness (QED) is 0.733. The Balaban J connectivity index is 2.62. The molecule has 82 valence electrons. The van der Waals surface area contributed by atoms with Crippen LogP contribution >= 0.6 is 11.8 Å². The van der Waals surface area contributed by atoms with Crippen molar-refractivity contribution in [1.82, 2.24) is 0 Å². The summed E-state index contributed by atoms with van der Waals surface area (Å²) in [4.78, 5) is 0. The predicted molar refractivity (Wildman–Crippen MR) is 73.3 cm³/mol. The Morgan fingerprint density at radius 2 is 2.00 bits per heavy atom. The van der Waals surface area contributed by atoms with Crippen LogP contribution in [0.2, 0.25) is 5.32 Å². The first-order valence-corrected chi connectivity index (χ1v) is 8.45. The molecule has 0 atom stereocenters. The number of hydrogen-bond acceptors (Lipinski definition) is 1. The van der Waals surface area contributed by atoms with E-state index in [1.807, 2.05) is 11.8 Å². The van der Waals surface area contributed by atoms with Crippen LogP contribution in [-0.2, 0) is 0 Å². The van der Waals surface area contributed by atoms with E-state index in [1.54, 1.807) is 3.80 Å². The van der Waals surface area contributed by atoms with Crippen LogP contribution in [0.3, 0.4) is 0 Å². The van der Waals surface area contributed by atoms with Gasteiger partial charge in [0.15, 0.2) is 0 Å². The van der Waals surface area contributed by atoms with E-state index in [-0.39, 0.29) is 0 Å². The normalized spacial score (nSPS) is 12.1. The van der Waals surface area contributed by atoms with Crippen LogP contribution in [-0.4, -0.2) is 21.2 Å². The average molecular weight is 285 g/mol. The maximum atomic E-state index is 2.33. The Kier molecular flexibility index (Phi) is 6.16. The molecular formula is C13H18SSe. The van der Waals surface area contributed by atoms with Crippen molar-refractivity contribution in [3.8, 4) is 0 Å². The summed E-state index contributed by atoms with van der Waals surface area (Å²) >= 11 is 2.54. The van der Waals surface area contributed by atoms with Crippen molar-refractivity contribution in [3.63, 3.8) is 0 Å². The summed E-state index contributed by atoms with van der Waals surface area (Å²) in [5.41, 5.74) is 1.33. The molecule has 0 spiro atoms. The summed E-state index contributed by atoms with van der Waals surface area (Å²) in [6, 6.07) is 10.6. The fraction of sp³-hybridized carbons (Fsp3) is 0.385. The van der Waals surface area contributed by atoms with E-state index in [1.165, 1.54) is 10.9 Å². The molecule has 0 amide bonds. The minimum atomic E-state index is 0.642. The Labute approximate surface area is 104 Å². The maximum absolute atomic E-state index is 2.33. The Bertz CT molecular complexity index is 304. The number of thioether (sulfide) groups is 1. The van der Waals surface area contributed by atoms with Gasteiger partial charge in [-0.1, -0.05) is 0 Å². The Morgan fingerprint density at radius 1 is 1.33 bits per heavy atom. The number of rotatable bonds is 5. The molecule has 1 aromatic rings. The van der Waals surface area contributed by atoms with Crippen LogP contribution in [0.15, 0.2) is 34.1 Å². The van der Waals surface area contributed by atoms with Gasteiger partial charge in [0.1, 0.15) is 0 Å². The van der Waals surface area contributed by atoms with Crippen LogP contribution in [0.5, 0.6) is 0 Å². The van der Waals surface area contributed by atoms with Crippen LogP contribution in [0.1, 0.15) is 19.4 Å². The molecule has 1 aromatic carbocycles. The van der Waals surface area contributed by atoms with Gasteiger partial charge in [-0.15, -0.1) is 0 Å². The molecule has 0 saturated heterocycles. The fourth-order valence-electron chi connectivity index (χ4n) is 1.09. The second kappa shape index (κ2) is 7.16. The number of hydrogen-bond donors (Lipinski definition) is 0. The van der Waals surface area contributed by atoms with E-state index < -0.39 is 0 Å². The molecule has 0 N–H and O–H groups in total. The summed E-state index contributed by atoms with van der Waals surface area (Å²) in [7, 11) is 0. The van der Waals surface area contributed by atoms with E-state index in [0.717, 1.165) is 5.92 Å². The first-order valence-electron chi connectivity index (χ1n) is 5.16. The zero-order valence-corrected chi connectivity index (χ0v) is 12.1. The van der Waals surface area contributed by atoms with E-state index in [2.05, 4.69) is 56.5 Å². The first-order chi connectivity index (χ1) is 7.22. The van der Waals surface area contributed by atoms with E-state index in [0.29, 0.717) is 15.0 Å².